The molecule has 12 rings (SSSR count). The van der Waals surface area contributed by atoms with Gasteiger partial charge in [0.15, 0.2) is 21.3 Å². The molecule has 6 aliphatic rings. The fraction of sp³-hybridized carbons (Fsp3) is 0.651. The molecule has 0 saturated heterocycles. The number of hydrogen-bond acceptors (Lipinski definition) is 36. The molecule has 0 spiro atoms. The van der Waals surface area contributed by atoms with Crippen LogP contribution in [-0.2, 0) is 95.6 Å². The van der Waals surface area contributed by atoms with Gasteiger partial charge in [-0.25, -0.2) is 60.9 Å². The molecule has 0 saturated carbocycles. The fourth-order valence-corrected chi connectivity index (χ4v) is 14.7. The van der Waals surface area contributed by atoms with E-state index >= 15 is 0 Å². The Morgan fingerprint density at radius 1 is 0.554 bits per heavy atom. The second kappa shape index (κ2) is 57.9. The summed E-state index contributed by atoms with van der Waals surface area (Å²) in [5.74, 6) is 3.60. The van der Waals surface area contributed by atoms with Crippen molar-refractivity contribution in [2.75, 3.05) is 100 Å². The van der Waals surface area contributed by atoms with Gasteiger partial charge < -0.3 is 120 Å². The second-order valence-corrected chi connectivity index (χ2v) is 43.5. The lowest BCUT2D eigenvalue weighted by Gasteiger charge is -2.33. The van der Waals surface area contributed by atoms with Gasteiger partial charge in [-0.3, -0.25) is 8.98 Å². The van der Waals surface area contributed by atoms with Crippen LogP contribution in [0.15, 0.2) is 80.2 Å². The Bertz CT molecular complexity index is 5200. The Hall–Kier alpha value is -9.05. The van der Waals surface area contributed by atoms with E-state index in [0.29, 0.717) is 50.4 Å². The standard InChI is InChI=1S/C18H20Cl3N3O6S.C12H18BrN3O3.C12H20N4O5S.C10H21NO5S.C8H17NO4.C7H9BrN2O.C7H10N2O.C4H5NO.C3H9NO2.2CH4.H3N.H2O/c1-18(2,3)29-17(25)23(4)11-8-24-16(28-9-11)14(7-22-24)31(26,27)30-15-12(20)5-10(19)6-13(15)21;1-12(2,3)19-11(17)15(4)8-6-16-10(18-7-8)9(13)5-14-16;1-12(2,3)21-11(17)15(4)8-6-16-10(20-7-8)9(5-14-16)22(13,18)19;1-6-8(7-15-17(5,13)14)11-9(12)16-10(2,3)4;1-8(2,3)13-7(12)9-6(4-10)5-11;1-5-3-10-7(11-4-5)6(8)2-9-10;1-6-4-9-7(10-5-6)2-3-8-9;6-4-1-2-5-3-4;4-3(1-5)2-6;;;;/h5-7,11H,8-9H2,1-4H3;5,8H,6-7H2,1-4H3;5,8H,6-7H2,1-4H3,(H2,13,18,19);8H,6-7H2,1-5H3,(H,11,12);6,10-11H,4-5H2,1-3H3,(H,9,12);2,5H,3-4H2,1H3;2-3,6H,4-5H2,1H3;1-2,5H,3H2;3,5-6H,1-2,4H2;2*1H4;1H3;1H2. The van der Waals surface area contributed by atoms with E-state index in [1.54, 1.807) is 139 Å². The Labute approximate surface area is 845 Å². The molecule has 11 heterocycles. The molecular weight excluding hydrogens is 2090 g/mol. The number of nitrogens with zero attached hydrogens (tertiary/aromatic N) is 13. The van der Waals surface area contributed by atoms with Gasteiger partial charge in [0, 0.05) is 50.3 Å². The molecule has 6 atom stereocenters. The van der Waals surface area contributed by atoms with Gasteiger partial charge in [0.25, 0.3) is 10.1 Å². The van der Waals surface area contributed by atoms with Crippen molar-refractivity contribution in [2.24, 2.45) is 22.7 Å². The minimum absolute atomic E-state index is 0. The summed E-state index contributed by atoms with van der Waals surface area (Å²) in [6, 6.07) is 2.18. The summed E-state index contributed by atoms with van der Waals surface area (Å²) < 4.78 is 143. The van der Waals surface area contributed by atoms with Crippen LogP contribution in [0, 0.1) is 11.8 Å². The number of carbonyl (C=O) groups is 6. The van der Waals surface area contributed by atoms with Crippen LogP contribution in [0.1, 0.15) is 146 Å². The number of amides is 5. The molecule has 1 aromatic carbocycles. The fourth-order valence-electron chi connectivity index (χ4n) is 10.8. The number of carbonyl (C=O) groups excluding carboxylic acids is 6. The van der Waals surface area contributed by atoms with Crippen LogP contribution < -0.4 is 60.8 Å². The van der Waals surface area contributed by atoms with Crippen LogP contribution >= 0.6 is 66.7 Å². The first kappa shape index (κ1) is 130. The zero-order valence-electron chi connectivity index (χ0n) is 80.8. The average molecular weight is 2230 g/mol. The van der Waals surface area contributed by atoms with E-state index < -0.39 is 101 Å². The lowest BCUT2D eigenvalue weighted by Crippen LogP contribution is -2.47. The summed E-state index contributed by atoms with van der Waals surface area (Å²) in [5, 5.41) is 66.6. The maximum atomic E-state index is 12.8. The van der Waals surface area contributed by atoms with Crippen molar-refractivity contribution in [1.82, 2.24) is 85.7 Å². The molecule has 6 unspecified atom stereocenters. The molecule has 0 bridgehead atoms. The Kier molecular flexibility index (Phi) is 54.1. The van der Waals surface area contributed by atoms with E-state index in [1.165, 1.54) is 37.4 Å². The molecule has 5 amide bonds. The van der Waals surface area contributed by atoms with Gasteiger partial charge in [0.1, 0.15) is 47.8 Å². The number of aliphatic hydroxyl groups is 4. The number of sulfonamides is 1. The van der Waals surface area contributed by atoms with Crippen molar-refractivity contribution < 1.29 is 136 Å². The minimum atomic E-state index is -4.37. The highest BCUT2D eigenvalue weighted by Gasteiger charge is 2.38. The largest absolute Gasteiger partial charge is 0.477 e. The summed E-state index contributed by atoms with van der Waals surface area (Å²) in [7, 11) is -6.88. The molecule has 0 aliphatic carbocycles. The number of nitrogens with two attached hydrogens (primary N) is 2. The molecule has 56 heteroatoms. The van der Waals surface area contributed by atoms with E-state index in [1.807, 2.05) is 43.1 Å². The number of rotatable bonds is 17. The third-order valence-corrected chi connectivity index (χ3v) is 22.0. The number of ketones is 1. The smallest absolute Gasteiger partial charge is 0.410 e. The first-order valence-electron chi connectivity index (χ1n) is 41.9. The van der Waals surface area contributed by atoms with Gasteiger partial charge >= 0.3 is 40.6 Å². The number of benzene rings is 1. The predicted octanol–water partition coefficient (Wildman–Crippen LogP) is 8.97. The minimum Gasteiger partial charge on any atom is -0.477 e. The average Bonchev–Trinajstić information content (AvgIpc) is 1.63. The van der Waals surface area contributed by atoms with Gasteiger partial charge in [-0.05, 0) is 160 Å². The quantitative estimate of drug-likeness (QED) is 0.0301. The van der Waals surface area contributed by atoms with Gasteiger partial charge in [0.05, 0.1) is 178 Å². The SMILES string of the molecule is C.C.CC(C)(C)OC(=O)NC(CO)CO.CC1COc2c(Br)cnn2C1.CC1COc2ccnn2C1.CCC(COS(C)(=O)=O)NC(=O)OC(C)(C)C.CN(C(=O)OC(C)(C)C)C1COc2c(Br)cnn2C1.CN(C(=O)OC(C)(C)C)C1COc2c(S(=O)(=O)Oc3c(Cl)cc(Cl)cc3Cl)cnn2C1.CN(C(=O)OC(C)(C)C)C1COc2c(S(N)(=O)=O)cnn2C1.N.NC(CO)CO.O.O=C1C=CNC1. The van der Waals surface area contributed by atoms with Crippen LogP contribution in [0.3, 0.4) is 0 Å². The lowest BCUT2D eigenvalue weighted by atomic mass is 10.2. The first-order valence-corrected chi connectivity index (χ1v) is 49.4. The normalized spacial score (nSPS) is 16.6. The van der Waals surface area contributed by atoms with Crippen LogP contribution in [0.4, 0.5) is 24.0 Å². The molecule has 0 fully saturated rings. The third kappa shape index (κ3) is 46.7. The Morgan fingerprint density at radius 3 is 1.27 bits per heavy atom. The Balaban J connectivity index is 0.00000160. The molecule has 139 heavy (non-hydrogen) atoms. The summed E-state index contributed by atoms with van der Waals surface area (Å²) in [6.07, 6.45) is 9.58. The van der Waals surface area contributed by atoms with Gasteiger partial charge in [-0.15, -0.1) is 0 Å². The number of likely N-dealkylation sites (N-methyl/N-ethyl adjacent to an activating group) is 3. The maximum Gasteiger partial charge on any atom is 0.410 e. The molecule has 5 aromatic heterocycles. The molecule has 16 N–H and O–H groups in total. The van der Waals surface area contributed by atoms with Crippen molar-refractivity contribution in [2.45, 2.75) is 253 Å². The number of hydrogen-bond donors (Lipinski definition) is 10. The maximum absolute atomic E-state index is 12.8. The molecule has 6 aromatic rings. The molecule has 48 nitrogen and oxygen atoms in total. The van der Waals surface area contributed by atoms with Crippen molar-refractivity contribution in [3.8, 4) is 35.1 Å². The van der Waals surface area contributed by atoms with Crippen molar-refractivity contribution in [1.29, 1.82) is 0 Å². The number of alkyl carbamates (subject to hydrolysis) is 2. The number of nitrogens with one attached hydrogen (secondary N) is 3. The van der Waals surface area contributed by atoms with Gasteiger partial charge in [-0.2, -0.15) is 42.3 Å². The predicted molar refractivity (Wildman–Crippen MR) is 524 cm³/mol. The number of halogens is 5. The first-order chi connectivity index (χ1) is 62.3. The number of primary sulfonamides is 1. The van der Waals surface area contributed by atoms with E-state index in [2.05, 4.69) is 91.3 Å². The van der Waals surface area contributed by atoms with Crippen LogP contribution in [0.25, 0.3) is 0 Å². The van der Waals surface area contributed by atoms with Crippen molar-refractivity contribution in [3.63, 3.8) is 0 Å². The molecular formula is C83H142Br2Cl3N19O29S3. The van der Waals surface area contributed by atoms with Gasteiger partial charge in [-0.1, -0.05) is 70.4 Å². The number of aliphatic hydroxyl groups excluding tert-OH is 4. The van der Waals surface area contributed by atoms with Gasteiger partial charge in [0.2, 0.25) is 39.4 Å². The number of ether oxygens (including phenoxy) is 10. The lowest BCUT2D eigenvalue weighted by molar-refractivity contribution is -0.113. The summed E-state index contributed by atoms with van der Waals surface area (Å²) in [4.78, 5) is 72.7. The number of fused-ring (bicyclic) bond motifs is 5. The van der Waals surface area contributed by atoms with Crippen LogP contribution in [-0.4, -0.2) is 315 Å². The van der Waals surface area contributed by atoms with Crippen LogP contribution in [0.2, 0.25) is 15.1 Å². The zero-order valence-corrected chi connectivity index (χ0v) is 88.7. The van der Waals surface area contributed by atoms with E-state index in [-0.39, 0.29) is 152 Å². The summed E-state index contributed by atoms with van der Waals surface area (Å²) >= 11 is 24.6. The van der Waals surface area contributed by atoms with E-state index in [4.69, 9.17) is 118 Å². The topological polar surface area (TPSA) is 650 Å². The monoisotopic (exact) mass is 2230 g/mol. The molecule has 6 aliphatic heterocycles. The zero-order chi connectivity index (χ0) is 102. The highest BCUT2D eigenvalue weighted by atomic mass is 79.9. The molecule has 0 radical (unpaired) electrons. The summed E-state index contributed by atoms with van der Waals surface area (Å²) in [5.41, 5.74) is 2.07. The third-order valence-electron chi connectivity index (χ3n) is 17.5. The second-order valence-electron chi connectivity index (χ2n) is 35.8. The highest BCUT2D eigenvalue weighted by molar-refractivity contribution is 9.11. The van der Waals surface area contributed by atoms with Crippen molar-refractivity contribution in [3.05, 3.63) is 85.5 Å². The number of aromatic nitrogens is 10. The Morgan fingerprint density at radius 2 is 0.914 bits per heavy atom. The molecule has 796 valence electrons. The highest BCUT2D eigenvalue weighted by Crippen LogP contribution is 2.40. The van der Waals surface area contributed by atoms with Crippen molar-refractivity contribution >= 4 is 133 Å². The van der Waals surface area contributed by atoms with E-state index in [0.717, 1.165) is 65.7 Å². The van der Waals surface area contributed by atoms with Crippen LogP contribution in [0.5, 0.6) is 35.1 Å². The van der Waals surface area contributed by atoms with E-state index in [9.17, 15) is 54.0 Å². The summed E-state index contributed by atoms with van der Waals surface area (Å²) in [6.45, 7) is 37.5.